The van der Waals surface area contributed by atoms with Gasteiger partial charge in [-0.2, -0.15) is 0 Å². The van der Waals surface area contributed by atoms with Crippen molar-refractivity contribution >= 4 is 22.4 Å². The average molecular weight is 299 g/mol. The Labute approximate surface area is 128 Å². The Morgan fingerprint density at radius 3 is 2.48 bits per heavy atom. The number of halogens is 1. The van der Waals surface area contributed by atoms with Crippen LogP contribution in [0, 0.1) is 6.92 Å². The summed E-state index contributed by atoms with van der Waals surface area (Å²) in [6, 6.07) is 15.3. The Hall–Kier alpha value is -2.03. The molecule has 0 aliphatic heterocycles. The van der Waals surface area contributed by atoms with E-state index in [2.05, 4.69) is 0 Å². The zero-order valence-corrected chi connectivity index (χ0v) is 12.4. The highest BCUT2D eigenvalue weighted by Crippen LogP contribution is 2.42. The summed E-state index contributed by atoms with van der Waals surface area (Å²) in [5.41, 5.74) is 3.22. The van der Waals surface area contributed by atoms with Gasteiger partial charge in [0.15, 0.2) is 0 Å². The molecular formula is C18H15ClO2. The van der Waals surface area contributed by atoms with Crippen molar-refractivity contribution in [3.05, 3.63) is 64.7 Å². The molecule has 0 saturated carbocycles. The van der Waals surface area contributed by atoms with Gasteiger partial charge in [0.1, 0.15) is 5.75 Å². The molecule has 106 valence electrons. The number of phenolic OH excluding ortho intramolecular Hbond substituents is 1. The van der Waals surface area contributed by atoms with Crippen LogP contribution in [0.4, 0.5) is 0 Å². The summed E-state index contributed by atoms with van der Waals surface area (Å²) >= 11 is 6.07. The summed E-state index contributed by atoms with van der Waals surface area (Å²) in [4.78, 5) is 0. The molecule has 3 aromatic carbocycles. The van der Waals surface area contributed by atoms with Gasteiger partial charge in [-0.05, 0) is 40.5 Å². The van der Waals surface area contributed by atoms with Crippen molar-refractivity contribution in [3.63, 3.8) is 0 Å². The predicted molar refractivity (Wildman–Crippen MR) is 86.7 cm³/mol. The maximum atomic E-state index is 10.4. The Morgan fingerprint density at radius 2 is 1.71 bits per heavy atom. The summed E-state index contributed by atoms with van der Waals surface area (Å²) in [6.07, 6.45) is 0. The second-order valence-corrected chi connectivity index (χ2v) is 5.47. The van der Waals surface area contributed by atoms with Gasteiger partial charge in [-0.15, -0.1) is 0 Å². The fraction of sp³-hybridized carbons (Fsp3) is 0.111. The summed E-state index contributed by atoms with van der Waals surface area (Å²) in [5.74, 6) is 0.0581. The minimum atomic E-state index is -0.0917. The van der Waals surface area contributed by atoms with Gasteiger partial charge >= 0.3 is 0 Å². The fourth-order valence-corrected chi connectivity index (χ4v) is 2.88. The molecule has 2 N–H and O–H groups in total. The molecule has 21 heavy (non-hydrogen) atoms. The minimum absolute atomic E-state index is 0.0581. The lowest BCUT2D eigenvalue weighted by atomic mass is 9.90. The highest BCUT2D eigenvalue weighted by Gasteiger charge is 2.17. The van der Waals surface area contributed by atoms with E-state index in [1.54, 1.807) is 6.07 Å². The maximum absolute atomic E-state index is 10.4. The van der Waals surface area contributed by atoms with E-state index in [1.807, 2.05) is 49.4 Å². The van der Waals surface area contributed by atoms with E-state index in [1.165, 1.54) is 0 Å². The van der Waals surface area contributed by atoms with Crippen LogP contribution in [0.25, 0.3) is 21.9 Å². The largest absolute Gasteiger partial charge is 0.506 e. The SMILES string of the molecule is Cc1ccc(Cl)c(O)c1-c1c(CO)ccc2ccccc12. The maximum Gasteiger partial charge on any atom is 0.142 e. The monoisotopic (exact) mass is 298 g/mol. The first kappa shape index (κ1) is 13.9. The van der Waals surface area contributed by atoms with Crippen LogP contribution >= 0.6 is 11.6 Å². The molecular weight excluding hydrogens is 284 g/mol. The average Bonchev–Trinajstić information content (AvgIpc) is 2.51. The van der Waals surface area contributed by atoms with Crippen LogP contribution in [0.15, 0.2) is 48.5 Å². The molecule has 0 unspecified atom stereocenters. The van der Waals surface area contributed by atoms with E-state index in [0.29, 0.717) is 10.6 Å². The van der Waals surface area contributed by atoms with Crippen molar-refractivity contribution in [2.24, 2.45) is 0 Å². The van der Waals surface area contributed by atoms with Gasteiger partial charge in [0.2, 0.25) is 0 Å². The van der Waals surface area contributed by atoms with Crippen molar-refractivity contribution < 1.29 is 10.2 Å². The summed E-state index contributed by atoms with van der Waals surface area (Å²) in [6.45, 7) is 1.83. The van der Waals surface area contributed by atoms with Crippen LogP contribution in [0.1, 0.15) is 11.1 Å². The predicted octanol–water partition coefficient (Wildman–Crippen LogP) is 4.67. The lowest BCUT2D eigenvalue weighted by Crippen LogP contribution is -1.94. The van der Waals surface area contributed by atoms with Gasteiger partial charge in [0, 0.05) is 5.56 Å². The number of aromatic hydroxyl groups is 1. The molecule has 3 rings (SSSR count). The third-order valence-corrected chi connectivity index (χ3v) is 4.08. The summed E-state index contributed by atoms with van der Waals surface area (Å²) < 4.78 is 0. The molecule has 3 heteroatoms. The second kappa shape index (κ2) is 5.40. The van der Waals surface area contributed by atoms with E-state index in [4.69, 9.17) is 11.6 Å². The Morgan fingerprint density at radius 1 is 0.952 bits per heavy atom. The molecule has 3 aromatic rings. The number of aliphatic hydroxyl groups excluding tert-OH is 1. The van der Waals surface area contributed by atoms with Crippen LogP contribution in [-0.2, 0) is 6.61 Å². The molecule has 0 amide bonds. The van der Waals surface area contributed by atoms with Crippen molar-refractivity contribution in [2.75, 3.05) is 0 Å². The zero-order chi connectivity index (χ0) is 15.0. The molecule has 0 spiro atoms. The third kappa shape index (κ3) is 2.27. The number of aliphatic hydroxyl groups is 1. The molecule has 0 radical (unpaired) electrons. The number of aryl methyl sites for hydroxylation is 1. The molecule has 0 saturated heterocycles. The molecule has 0 aliphatic carbocycles. The Balaban J connectivity index is 2.47. The first-order valence-corrected chi connectivity index (χ1v) is 7.11. The van der Waals surface area contributed by atoms with Crippen molar-refractivity contribution in [3.8, 4) is 16.9 Å². The molecule has 0 bridgehead atoms. The number of rotatable bonds is 2. The number of fused-ring (bicyclic) bond motifs is 1. The molecule has 2 nitrogen and oxygen atoms in total. The standard InChI is InChI=1S/C18H15ClO2/c1-11-6-9-15(19)18(21)16(11)17-13(10-20)8-7-12-4-2-3-5-14(12)17/h2-9,20-21H,10H2,1H3. The fourth-order valence-electron chi connectivity index (χ4n) is 2.73. The molecule has 0 atom stereocenters. The lowest BCUT2D eigenvalue weighted by molar-refractivity contribution is 0.282. The van der Waals surface area contributed by atoms with Crippen LogP contribution < -0.4 is 0 Å². The highest BCUT2D eigenvalue weighted by atomic mass is 35.5. The first-order chi connectivity index (χ1) is 10.1. The van der Waals surface area contributed by atoms with Gasteiger partial charge in [-0.3, -0.25) is 0 Å². The van der Waals surface area contributed by atoms with Crippen molar-refractivity contribution in [2.45, 2.75) is 13.5 Å². The topological polar surface area (TPSA) is 40.5 Å². The number of phenols is 1. The smallest absolute Gasteiger partial charge is 0.142 e. The van der Waals surface area contributed by atoms with Gasteiger partial charge < -0.3 is 10.2 Å². The quantitative estimate of drug-likeness (QED) is 0.722. The van der Waals surface area contributed by atoms with Gasteiger partial charge in [-0.1, -0.05) is 54.1 Å². The van der Waals surface area contributed by atoms with Gasteiger partial charge in [-0.25, -0.2) is 0 Å². The summed E-state index contributed by atoms with van der Waals surface area (Å²) in [5, 5.41) is 22.4. The van der Waals surface area contributed by atoms with Crippen LogP contribution in [0.3, 0.4) is 0 Å². The molecule has 0 aliphatic rings. The van der Waals surface area contributed by atoms with Crippen LogP contribution in [-0.4, -0.2) is 10.2 Å². The van der Waals surface area contributed by atoms with Crippen LogP contribution in [0.2, 0.25) is 5.02 Å². The van der Waals surface area contributed by atoms with Crippen molar-refractivity contribution in [1.82, 2.24) is 0 Å². The number of hydrogen-bond donors (Lipinski definition) is 2. The highest BCUT2D eigenvalue weighted by molar-refractivity contribution is 6.32. The van der Waals surface area contributed by atoms with Crippen LogP contribution in [0.5, 0.6) is 5.75 Å². The first-order valence-electron chi connectivity index (χ1n) is 6.73. The van der Waals surface area contributed by atoms with E-state index >= 15 is 0 Å². The lowest BCUT2D eigenvalue weighted by Gasteiger charge is -2.16. The Bertz CT molecular complexity index is 825. The third-order valence-electron chi connectivity index (χ3n) is 3.77. The minimum Gasteiger partial charge on any atom is -0.506 e. The summed E-state index contributed by atoms with van der Waals surface area (Å²) in [7, 11) is 0. The van der Waals surface area contributed by atoms with E-state index in [-0.39, 0.29) is 12.4 Å². The second-order valence-electron chi connectivity index (χ2n) is 5.07. The molecule has 0 heterocycles. The normalized spacial score (nSPS) is 11.0. The van der Waals surface area contributed by atoms with Gasteiger partial charge in [0.25, 0.3) is 0 Å². The molecule has 0 fully saturated rings. The van der Waals surface area contributed by atoms with E-state index < -0.39 is 0 Å². The van der Waals surface area contributed by atoms with E-state index in [0.717, 1.165) is 27.5 Å². The van der Waals surface area contributed by atoms with Gasteiger partial charge in [0.05, 0.1) is 11.6 Å². The van der Waals surface area contributed by atoms with E-state index in [9.17, 15) is 10.2 Å². The number of hydrogen-bond acceptors (Lipinski definition) is 2. The number of benzene rings is 3. The molecule has 0 aromatic heterocycles. The Kier molecular flexibility index (Phi) is 3.58. The van der Waals surface area contributed by atoms with Crippen molar-refractivity contribution in [1.29, 1.82) is 0 Å². The zero-order valence-electron chi connectivity index (χ0n) is 11.6.